The van der Waals surface area contributed by atoms with E-state index in [9.17, 15) is 5.11 Å². The summed E-state index contributed by atoms with van der Waals surface area (Å²) in [5, 5.41) is 18.5. The molecule has 6 aliphatic rings. The van der Waals surface area contributed by atoms with E-state index in [2.05, 4.69) is 44.4 Å². The Balaban J connectivity index is 1.28. The smallest absolute Gasteiger partial charge is 0.0719 e. The van der Waals surface area contributed by atoms with Crippen LogP contribution in [0.4, 0.5) is 0 Å². The summed E-state index contributed by atoms with van der Waals surface area (Å²) in [7, 11) is 0. The van der Waals surface area contributed by atoms with Gasteiger partial charge in [-0.25, -0.2) is 0 Å². The Bertz CT molecular complexity index is 739. The van der Waals surface area contributed by atoms with E-state index in [0.29, 0.717) is 16.9 Å². The first-order valence-corrected chi connectivity index (χ1v) is 13.2. The minimum atomic E-state index is -0.0903. The molecule has 4 aliphatic carbocycles. The van der Waals surface area contributed by atoms with Crippen LogP contribution in [-0.4, -0.2) is 29.5 Å². The van der Waals surface area contributed by atoms with Crippen molar-refractivity contribution >= 4 is 0 Å². The van der Waals surface area contributed by atoms with Gasteiger partial charge in [-0.2, -0.15) is 0 Å². The number of hydrogen-bond acceptors (Lipinski definition) is 3. The number of rotatable bonds is 0. The number of nitrogens with one attached hydrogen (secondary N) is 2. The summed E-state index contributed by atoms with van der Waals surface area (Å²) in [6.07, 6.45) is 13.8. The minimum Gasteiger partial charge on any atom is -0.393 e. The predicted molar refractivity (Wildman–Crippen MR) is 122 cm³/mol. The summed E-state index contributed by atoms with van der Waals surface area (Å²) in [5.74, 6) is 4.97. The van der Waals surface area contributed by atoms with Gasteiger partial charge in [-0.15, -0.1) is 0 Å². The van der Waals surface area contributed by atoms with Gasteiger partial charge >= 0.3 is 0 Å². The van der Waals surface area contributed by atoms with Crippen LogP contribution in [0.3, 0.4) is 0 Å². The summed E-state index contributed by atoms with van der Waals surface area (Å²) in [6.45, 7) is 11.4. The number of piperidine rings is 1. The van der Waals surface area contributed by atoms with E-state index in [4.69, 9.17) is 0 Å². The Kier molecular flexibility index (Phi) is 4.44. The lowest BCUT2D eigenvalue weighted by Crippen LogP contribution is -2.62. The first-order valence-electron chi connectivity index (χ1n) is 13.2. The fraction of sp³-hybridized carbons (Fsp3) is 0.926. The molecule has 2 aliphatic heterocycles. The second-order valence-corrected chi connectivity index (χ2v) is 13.0. The first kappa shape index (κ1) is 20.2. The fourth-order valence-electron chi connectivity index (χ4n) is 10.1. The fourth-order valence-corrected chi connectivity index (χ4v) is 10.1. The summed E-state index contributed by atoms with van der Waals surface area (Å²) in [4.78, 5) is 0. The molecule has 0 aromatic rings. The molecule has 168 valence electrons. The first-order chi connectivity index (χ1) is 14.3. The van der Waals surface area contributed by atoms with Crippen molar-refractivity contribution in [2.24, 2.45) is 46.3 Å². The second kappa shape index (κ2) is 6.58. The third-order valence-corrected chi connectivity index (χ3v) is 11.8. The summed E-state index contributed by atoms with van der Waals surface area (Å²) >= 11 is 0. The van der Waals surface area contributed by atoms with Crippen LogP contribution in [0.2, 0.25) is 0 Å². The van der Waals surface area contributed by atoms with E-state index in [1.165, 1.54) is 51.5 Å². The zero-order valence-electron chi connectivity index (χ0n) is 19.7. The molecule has 6 rings (SSSR count). The molecular weight excluding hydrogens is 368 g/mol. The highest BCUT2D eigenvalue weighted by Gasteiger charge is 2.67. The zero-order valence-corrected chi connectivity index (χ0v) is 19.7. The number of allylic oxidation sites excluding steroid dienone is 1. The van der Waals surface area contributed by atoms with Crippen molar-refractivity contribution in [2.75, 3.05) is 6.54 Å². The van der Waals surface area contributed by atoms with Crippen LogP contribution >= 0.6 is 0 Å². The van der Waals surface area contributed by atoms with Crippen molar-refractivity contribution in [1.29, 1.82) is 0 Å². The van der Waals surface area contributed by atoms with Gasteiger partial charge in [-0.05, 0) is 111 Å². The van der Waals surface area contributed by atoms with Crippen LogP contribution in [0, 0.1) is 46.3 Å². The van der Waals surface area contributed by atoms with Crippen molar-refractivity contribution in [3.8, 4) is 0 Å². The Labute approximate surface area is 183 Å². The van der Waals surface area contributed by atoms with Crippen LogP contribution in [-0.2, 0) is 0 Å². The molecule has 3 nitrogen and oxygen atoms in total. The molecule has 3 saturated carbocycles. The summed E-state index contributed by atoms with van der Waals surface area (Å²) < 4.78 is 0. The highest BCUT2D eigenvalue weighted by molar-refractivity contribution is 5.27. The Morgan fingerprint density at radius 1 is 1.03 bits per heavy atom. The number of aliphatic hydroxyl groups is 1. The molecule has 0 radical (unpaired) electrons. The largest absolute Gasteiger partial charge is 0.393 e. The molecule has 3 N–H and O–H groups in total. The van der Waals surface area contributed by atoms with Gasteiger partial charge in [0.25, 0.3) is 0 Å². The van der Waals surface area contributed by atoms with Crippen LogP contribution in [0.5, 0.6) is 0 Å². The highest BCUT2D eigenvalue weighted by Crippen LogP contribution is 2.69. The van der Waals surface area contributed by atoms with Gasteiger partial charge < -0.3 is 5.11 Å². The Morgan fingerprint density at radius 3 is 2.63 bits per heavy atom. The summed E-state index contributed by atoms with van der Waals surface area (Å²) in [6, 6.07) is 0.709. The minimum absolute atomic E-state index is 0.0903. The van der Waals surface area contributed by atoms with E-state index in [1.807, 2.05) is 0 Å². The van der Waals surface area contributed by atoms with E-state index >= 15 is 0 Å². The normalized spacial score (nSPS) is 59.8. The molecule has 1 spiro atoms. The molecule has 11 unspecified atom stereocenters. The Hall–Kier alpha value is -0.380. The lowest BCUT2D eigenvalue weighted by molar-refractivity contribution is -0.0617. The van der Waals surface area contributed by atoms with Crippen molar-refractivity contribution in [1.82, 2.24) is 10.6 Å². The van der Waals surface area contributed by atoms with Crippen LogP contribution < -0.4 is 10.6 Å². The van der Waals surface area contributed by atoms with Crippen molar-refractivity contribution in [3.05, 3.63) is 11.6 Å². The molecule has 3 heteroatoms. The summed E-state index contributed by atoms with van der Waals surface area (Å²) in [5.41, 5.74) is 2.68. The number of fused-ring (bicyclic) bond motifs is 7. The van der Waals surface area contributed by atoms with E-state index in [1.54, 1.807) is 5.57 Å². The van der Waals surface area contributed by atoms with Crippen molar-refractivity contribution in [2.45, 2.75) is 103 Å². The SMILES string of the molecule is CC1CCC2(NC1)NC1CC3C4CC=C5CC(O)CCC5(C)C4CCC3(C)C1C2C. The number of aliphatic hydroxyl groups excluding tert-OH is 1. The van der Waals surface area contributed by atoms with Gasteiger partial charge in [-0.3, -0.25) is 10.6 Å². The Morgan fingerprint density at radius 2 is 1.87 bits per heavy atom. The van der Waals surface area contributed by atoms with Gasteiger partial charge in [0.1, 0.15) is 0 Å². The number of hydrogen-bond donors (Lipinski definition) is 3. The third-order valence-electron chi connectivity index (χ3n) is 11.8. The molecule has 2 saturated heterocycles. The van der Waals surface area contributed by atoms with Gasteiger partial charge in [0.05, 0.1) is 11.8 Å². The lowest BCUT2D eigenvalue weighted by Gasteiger charge is -2.58. The molecule has 30 heavy (non-hydrogen) atoms. The second-order valence-electron chi connectivity index (χ2n) is 13.0. The van der Waals surface area contributed by atoms with Gasteiger partial charge in [0.15, 0.2) is 0 Å². The van der Waals surface area contributed by atoms with Crippen molar-refractivity contribution in [3.63, 3.8) is 0 Å². The molecular formula is C27H44N2O. The maximum absolute atomic E-state index is 10.3. The van der Waals surface area contributed by atoms with Gasteiger partial charge in [-0.1, -0.05) is 39.3 Å². The molecule has 0 amide bonds. The van der Waals surface area contributed by atoms with E-state index < -0.39 is 0 Å². The average molecular weight is 413 g/mol. The van der Waals surface area contributed by atoms with Crippen LogP contribution in [0.25, 0.3) is 0 Å². The molecule has 0 aromatic heterocycles. The van der Waals surface area contributed by atoms with Gasteiger partial charge in [0, 0.05) is 6.04 Å². The standard InChI is InChI=1S/C27H44N2O/c1-16-7-12-27(28-15-16)17(2)24-23(29-27)14-22-20-6-5-18-13-19(30)8-10-25(18,3)21(20)9-11-26(22,24)4/h5,16-17,19-24,28-30H,6-15H2,1-4H3. The van der Waals surface area contributed by atoms with Crippen LogP contribution in [0.1, 0.15) is 85.5 Å². The highest BCUT2D eigenvalue weighted by atomic mass is 16.3. The lowest BCUT2D eigenvalue weighted by atomic mass is 9.47. The molecule has 11 atom stereocenters. The predicted octanol–water partition coefficient (Wildman–Crippen LogP) is 4.86. The van der Waals surface area contributed by atoms with E-state index in [-0.39, 0.29) is 11.8 Å². The topological polar surface area (TPSA) is 44.3 Å². The van der Waals surface area contributed by atoms with Gasteiger partial charge in [0.2, 0.25) is 0 Å². The van der Waals surface area contributed by atoms with E-state index in [0.717, 1.165) is 48.3 Å². The monoisotopic (exact) mass is 412 g/mol. The average Bonchev–Trinajstić information content (AvgIpc) is 3.16. The molecule has 0 bridgehead atoms. The maximum Gasteiger partial charge on any atom is 0.0719 e. The quantitative estimate of drug-likeness (QED) is 0.498. The molecule has 2 heterocycles. The van der Waals surface area contributed by atoms with Crippen molar-refractivity contribution < 1.29 is 5.11 Å². The molecule has 0 aromatic carbocycles. The zero-order chi connectivity index (χ0) is 20.9. The molecule has 5 fully saturated rings. The maximum atomic E-state index is 10.3. The third kappa shape index (κ3) is 2.55. The van der Waals surface area contributed by atoms with Crippen LogP contribution in [0.15, 0.2) is 11.6 Å².